The number of nitrogens with zero attached hydrogens (tertiary/aromatic N) is 3. The Morgan fingerprint density at radius 2 is 2.12 bits per heavy atom. The highest BCUT2D eigenvalue weighted by atomic mass is 32.2. The second-order valence-electron chi connectivity index (χ2n) is 5.76. The minimum atomic E-state index is 0.0364. The smallest absolute Gasteiger partial charge is 0.230 e. The van der Waals surface area contributed by atoms with Crippen LogP contribution in [0, 0.1) is 0 Å². The van der Waals surface area contributed by atoms with E-state index in [1.165, 1.54) is 4.70 Å². The number of hydrogen-bond donors (Lipinski definition) is 1. The molecule has 0 aliphatic rings. The maximum absolute atomic E-state index is 12.0. The van der Waals surface area contributed by atoms with Gasteiger partial charge in [-0.05, 0) is 29.8 Å². The third-order valence-electron chi connectivity index (χ3n) is 3.55. The number of nitrogens with one attached hydrogen (secondary N) is 1. The van der Waals surface area contributed by atoms with Gasteiger partial charge in [-0.15, -0.1) is 23.1 Å². The highest BCUT2D eigenvalue weighted by molar-refractivity contribution is 7.99. The van der Waals surface area contributed by atoms with Crippen molar-refractivity contribution in [1.29, 1.82) is 0 Å². The largest absolute Gasteiger partial charge is 0.363 e. The molecule has 130 valence electrons. The van der Waals surface area contributed by atoms with E-state index in [1.807, 2.05) is 49.3 Å². The van der Waals surface area contributed by atoms with E-state index < -0.39 is 0 Å². The molecule has 3 rings (SSSR count). The lowest BCUT2D eigenvalue weighted by molar-refractivity contribution is -0.118. The molecule has 1 aromatic carbocycles. The van der Waals surface area contributed by atoms with Crippen LogP contribution in [0.25, 0.3) is 10.2 Å². The predicted molar refractivity (Wildman–Crippen MR) is 106 cm³/mol. The van der Waals surface area contributed by atoms with Crippen LogP contribution in [-0.2, 0) is 17.1 Å². The Hall–Kier alpha value is -2.12. The molecule has 0 radical (unpaired) electrons. The number of hydrogen-bond acceptors (Lipinski definition) is 6. The lowest BCUT2D eigenvalue weighted by Crippen LogP contribution is -2.24. The minimum Gasteiger partial charge on any atom is -0.363 e. The van der Waals surface area contributed by atoms with Crippen molar-refractivity contribution in [3.63, 3.8) is 0 Å². The van der Waals surface area contributed by atoms with Gasteiger partial charge in [0.1, 0.15) is 10.8 Å². The fraction of sp³-hybridized carbons (Fsp3) is 0.278. The predicted octanol–water partition coefficient (Wildman–Crippen LogP) is 3.31. The number of thioether (sulfide) groups is 1. The molecule has 0 aliphatic carbocycles. The normalized spacial score (nSPS) is 10.8. The quantitative estimate of drug-likeness (QED) is 0.689. The van der Waals surface area contributed by atoms with E-state index in [9.17, 15) is 4.79 Å². The van der Waals surface area contributed by atoms with E-state index >= 15 is 0 Å². The highest BCUT2D eigenvalue weighted by Gasteiger charge is 2.06. The number of para-hydroxylation sites is 1. The van der Waals surface area contributed by atoms with Crippen molar-refractivity contribution < 1.29 is 4.79 Å². The molecule has 7 heteroatoms. The Kier molecular flexibility index (Phi) is 5.88. The number of amides is 1. The van der Waals surface area contributed by atoms with Crippen molar-refractivity contribution in [3.8, 4) is 0 Å². The summed E-state index contributed by atoms with van der Waals surface area (Å²) in [5.41, 5.74) is 2.07. The molecule has 2 heterocycles. The Bertz CT molecular complexity index is 830. The lowest BCUT2D eigenvalue weighted by Gasteiger charge is -2.12. The summed E-state index contributed by atoms with van der Waals surface area (Å²) < 4.78 is 1.19. The van der Waals surface area contributed by atoms with Crippen LogP contribution in [-0.4, -0.2) is 35.7 Å². The Morgan fingerprint density at radius 3 is 2.92 bits per heavy atom. The lowest BCUT2D eigenvalue weighted by atomic mass is 10.2. The number of pyridine rings is 1. The molecule has 0 fully saturated rings. The van der Waals surface area contributed by atoms with Gasteiger partial charge in [0, 0.05) is 32.6 Å². The maximum atomic E-state index is 12.0. The second kappa shape index (κ2) is 8.31. The Labute approximate surface area is 155 Å². The molecule has 2 aromatic heterocycles. The van der Waals surface area contributed by atoms with Crippen LogP contribution in [0.1, 0.15) is 10.6 Å². The fourth-order valence-corrected chi connectivity index (χ4v) is 4.16. The zero-order valence-corrected chi connectivity index (χ0v) is 15.9. The van der Waals surface area contributed by atoms with E-state index in [0.717, 1.165) is 27.7 Å². The van der Waals surface area contributed by atoms with Crippen molar-refractivity contribution in [2.45, 2.75) is 12.3 Å². The molecular weight excluding hydrogens is 352 g/mol. The summed E-state index contributed by atoms with van der Waals surface area (Å²) in [5, 5.41) is 4.01. The summed E-state index contributed by atoms with van der Waals surface area (Å²) in [6.07, 6.45) is 1.76. The van der Waals surface area contributed by atoms with E-state index in [0.29, 0.717) is 12.3 Å². The van der Waals surface area contributed by atoms with E-state index in [4.69, 9.17) is 0 Å². The van der Waals surface area contributed by atoms with Crippen LogP contribution in [0.5, 0.6) is 0 Å². The van der Waals surface area contributed by atoms with Gasteiger partial charge >= 0.3 is 0 Å². The monoisotopic (exact) mass is 372 g/mol. The molecule has 0 saturated carbocycles. The molecule has 0 bridgehead atoms. The summed E-state index contributed by atoms with van der Waals surface area (Å²) >= 11 is 3.28. The first-order chi connectivity index (χ1) is 12.1. The van der Waals surface area contributed by atoms with Crippen molar-refractivity contribution in [2.24, 2.45) is 0 Å². The highest BCUT2D eigenvalue weighted by Crippen LogP contribution is 2.24. The fourth-order valence-electron chi connectivity index (χ4n) is 2.28. The molecule has 0 atom stereocenters. The first-order valence-electron chi connectivity index (χ1n) is 7.93. The van der Waals surface area contributed by atoms with Gasteiger partial charge in [-0.2, -0.15) is 0 Å². The van der Waals surface area contributed by atoms with Crippen LogP contribution in [0.4, 0.5) is 5.82 Å². The molecule has 0 saturated heterocycles. The standard InChI is InChI=1S/C18H20N4OS2/c1-22(2)16-9-13(7-8-19-16)10-20-17(23)11-24-12-18-21-14-5-3-4-6-15(14)25-18/h3-9H,10-12H2,1-2H3,(H,20,23). The first kappa shape index (κ1) is 17.7. The topological polar surface area (TPSA) is 58.1 Å². The van der Waals surface area contributed by atoms with Crippen molar-refractivity contribution in [3.05, 3.63) is 53.2 Å². The third-order valence-corrected chi connectivity index (χ3v) is 5.72. The van der Waals surface area contributed by atoms with Gasteiger partial charge in [-0.1, -0.05) is 12.1 Å². The van der Waals surface area contributed by atoms with Gasteiger partial charge in [0.25, 0.3) is 0 Å². The van der Waals surface area contributed by atoms with Gasteiger partial charge in [0.2, 0.25) is 5.91 Å². The first-order valence-corrected chi connectivity index (χ1v) is 9.90. The number of carbonyl (C=O) groups is 1. The van der Waals surface area contributed by atoms with Gasteiger partial charge in [0.15, 0.2) is 0 Å². The Morgan fingerprint density at radius 1 is 1.28 bits per heavy atom. The summed E-state index contributed by atoms with van der Waals surface area (Å²) in [5.74, 6) is 2.11. The molecule has 5 nitrogen and oxygen atoms in total. The minimum absolute atomic E-state index is 0.0364. The number of rotatable bonds is 7. The summed E-state index contributed by atoms with van der Waals surface area (Å²) in [6, 6.07) is 12.0. The number of carbonyl (C=O) groups excluding carboxylic acids is 1. The molecule has 0 spiro atoms. The molecule has 1 amide bonds. The van der Waals surface area contributed by atoms with E-state index in [2.05, 4.69) is 21.4 Å². The zero-order chi connectivity index (χ0) is 17.6. The third kappa shape index (κ3) is 4.93. The summed E-state index contributed by atoms with van der Waals surface area (Å²) in [7, 11) is 3.90. The zero-order valence-electron chi connectivity index (χ0n) is 14.2. The molecule has 0 aliphatic heterocycles. The number of benzene rings is 1. The van der Waals surface area contributed by atoms with Gasteiger partial charge in [-0.3, -0.25) is 4.79 Å². The number of thiazole rings is 1. The van der Waals surface area contributed by atoms with Crippen LogP contribution >= 0.6 is 23.1 Å². The number of aromatic nitrogens is 2. The van der Waals surface area contributed by atoms with Gasteiger partial charge in [0.05, 0.1) is 16.0 Å². The second-order valence-corrected chi connectivity index (χ2v) is 7.86. The van der Waals surface area contributed by atoms with Gasteiger partial charge in [-0.25, -0.2) is 9.97 Å². The average molecular weight is 373 g/mol. The number of anilines is 1. The summed E-state index contributed by atoms with van der Waals surface area (Å²) in [4.78, 5) is 22.8. The van der Waals surface area contributed by atoms with E-state index in [-0.39, 0.29) is 5.91 Å². The van der Waals surface area contributed by atoms with Crippen LogP contribution in [0.2, 0.25) is 0 Å². The van der Waals surface area contributed by atoms with Crippen LogP contribution in [0.15, 0.2) is 42.6 Å². The Balaban J connectivity index is 1.44. The molecule has 3 aromatic rings. The van der Waals surface area contributed by atoms with Crippen molar-refractivity contribution >= 4 is 45.0 Å². The summed E-state index contributed by atoms with van der Waals surface area (Å²) in [6.45, 7) is 0.518. The maximum Gasteiger partial charge on any atom is 0.230 e. The molecule has 0 unspecified atom stereocenters. The van der Waals surface area contributed by atoms with Crippen LogP contribution in [0.3, 0.4) is 0 Å². The van der Waals surface area contributed by atoms with E-state index in [1.54, 1.807) is 29.3 Å². The average Bonchev–Trinajstić information content (AvgIpc) is 3.03. The van der Waals surface area contributed by atoms with Gasteiger partial charge < -0.3 is 10.2 Å². The molecule has 25 heavy (non-hydrogen) atoms. The van der Waals surface area contributed by atoms with Crippen molar-refractivity contribution in [2.75, 3.05) is 24.7 Å². The SMILES string of the molecule is CN(C)c1cc(CNC(=O)CSCc2nc3ccccc3s2)ccn1. The number of fused-ring (bicyclic) bond motifs is 1. The van der Waals surface area contributed by atoms with Crippen LogP contribution < -0.4 is 10.2 Å². The molecular formula is C18H20N4OS2. The van der Waals surface area contributed by atoms with Crippen molar-refractivity contribution in [1.82, 2.24) is 15.3 Å². The molecule has 1 N–H and O–H groups in total.